The molecule has 2 aliphatic heterocycles. The smallest absolute Gasteiger partial charge is 0.254 e. The van der Waals surface area contributed by atoms with Crippen LogP contribution in [-0.2, 0) is 0 Å². The number of amides is 1. The standard InChI is InChI=1S/C30H38N2O4/c1-21(16-22-10-6-5-7-11-22)19-31(20-25-14-9-15-32(25)24-12-8-13-24)29(33)23-17-26(34-4)28-27(18-23)35-30(2,3)36-28/h5-7,10-11,16-18,24-25H,8-9,12-15,19-20H2,1-4H3/b21-16+. The summed E-state index contributed by atoms with van der Waals surface area (Å²) in [6.07, 6.45) is 8.40. The molecule has 1 saturated heterocycles. The van der Waals surface area contributed by atoms with Crippen molar-refractivity contribution in [1.29, 1.82) is 0 Å². The predicted octanol–water partition coefficient (Wildman–Crippen LogP) is 5.77. The van der Waals surface area contributed by atoms with Gasteiger partial charge in [0.2, 0.25) is 11.5 Å². The van der Waals surface area contributed by atoms with Crippen LogP contribution in [0.4, 0.5) is 0 Å². The summed E-state index contributed by atoms with van der Waals surface area (Å²) in [4.78, 5) is 18.7. The average molecular weight is 491 g/mol. The lowest BCUT2D eigenvalue weighted by Crippen LogP contribution is -2.49. The van der Waals surface area contributed by atoms with E-state index in [1.807, 2.05) is 36.9 Å². The minimum atomic E-state index is -0.793. The van der Waals surface area contributed by atoms with E-state index >= 15 is 0 Å². The molecule has 6 heteroatoms. The third kappa shape index (κ3) is 5.24. The highest BCUT2D eigenvalue weighted by molar-refractivity contribution is 5.96. The number of likely N-dealkylation sites (tertiary alicyclic amines) is 1. The first-order valence-corrected chi connectivity index (χ1v) is 13.2. The van der Waals surface area contributed by atoms with Crippen LogP contribution in [0, 0.1) is 0 Å². The molecular weight excluding hydrogens is 452 g/mol. The Morgan fingerprint density at radius 1 is 1.14 bits per heavy atom. The van der Waals surface area contributed by atoms with Gasteiger partial charge in [0.15, 0.2) is 11.5 Å². The Hall–Kier alpha value is -2.99. The summed E-state index contributed by atoms with van der Waals surface area (Å²) < 4.78 is 17.5. The zero-order valence-electron chi connectivity index (χ0n) is 22.0. The number of rotatable bonds is 8. The van der Waals surface area contributed by atoms with Crippen LogP contribution in [0.5, 0.6) is 17.2 Å². The molecule has 0 radical (unpaired) electrons. The molecule has 0 bridgehead atoms. The monoisotopic (exact) mass is 490 g/mol. The SMILES string of the molecule is COc1cc(C(=O)N(C/C(C)=C/c2ccccc2)CC2CCCN2C2CCC2)cc2c1OC(C)(C)O2. The maximum atomic E-state index is 14.0. The highest BCUT2D eigenvalue weighted by Crippen LogP contribution is 2.47. The van der Waals surface area contributed by atoms with E-state index in [2.05, 4.69) is 30.0 Å². The molecule has 1 atom stereocenters. The third-order valence-electron chi connectivity index (χ3n) is 7.53. The van der Waals surface area contributed by atoms with Gasteiger partial charge in [0.05, 0.1) is 7.11 Å². The van der Waals surface area contributed by atoms with Gasteiger partial charge in [0.1, 0.15) is 0 Å². The first kappa shape index (κ1) is 24.7. The fourth-order valence-electron chi connectivity index (χ4n) is 5.65. The van der Waals surface area contributed by atoms with Gasteiger partial charge in [-0.25, -0.2) is 0 Å². The zero-order chi connectivity index (χ0) is 25.3. The zero-order valence-corrected chi connectivity index (χ0v) is 22.0. The number of hydrogen-bond acceptors (Lipinski definition) is 5. The lowest BCUT2D eigenvalue weighted by molar-refractivity contribution is -0.0439. The summed E-state index contributed by atoms with van der Waals surface area (Å²) in [5, 5.41) is 0. The maximum absolute atomic E-state index is 14.0. The van der Waals surface area contributed by atoms with E-state index in [4.69, 9.17) is 14.2 Å². The Bertz CT molecular complexity index is 1120. The maximum Gasteiger partial charge on any atom is 0.254 e. The van der Waals surface area contributed by atoms with Crippen molar-refractivity contribution in [2.75, 3.05) is 26.7 Å². The first-order valence-electron chi connectivity index (χ1n) is 13.2. The summed E-state index contributed by atoms with van der Waals surface area (Å²) in [7, 11) is 1.60. The Morgan fingerprint density at radius 3 is 2.61 bits per heavy atom. The van der Waals surface area contributed by atoms with Gasteiger partial charge in [-0.05, 0) is 56.8 Å². The van der Waals surface area contributed by atoms with Gasteiger partial charge in [-0.1, -0.05) is 48.4 Å². The van der Waals surface area contributed by atoms with Gasteiger partial charge >= 0.3 is 0 Å². The first-order chi connectivity index (χ1) is 17.3. The molecule has 2 heterocycles. The number of ether oxygens (including phenoxy) is 3. The molecule has 0 aromatic heterocycles. The predicted molar refractivity (Wildman–Crippen MR) is 142 cm³/mol. The van der Waals surface area contributed by atoms with Crippen LogP contribution >= 0.6 is 0 Å². The van der Waals surface area contributed by atoms with Crippen molar-refractivity contribution < 1.29 is 19.0 Å². The summed E-state index contributed by atoms with van der Waals surface area (Å²) in [6.45, 7) is 8.25. The van der Waals surface area contributed by atoms with Crippen molar-refractivity contribution in [2.45, 2.75) is 70.7 Å². The van der Waals surface area contributed by atoms with Crippen molar-refractivity contribution in [3.05, 3.63) is 59.2 Å². The van der Waals surface area contributed by atoms with E-state index in [0.717, 1.165) is 30.6 Å². The van der Waals surface area contributed by atoms with Gasteiger partial charge in [-0.15, -0.1) is 0 Å². The topological polar surface area (TPSA) is 51.2 Å². The summed E-state index contributed by atoms with van der Waals surface area (Å²) in [6, 6.07) is 15.0. The van der Waals surface area contributed by atoms with E-state index < -0.39 is 5.79 Å². The molecule has 2 aromatic carbocycles. The fourth-order valence-corrected chi connectivity index (χ4v) is 5.65. The molecular formula is C30H38N2O4. The summed E-state index contributed by atoms with van der Waals surface area (Å²) in [5.41, 5.74) is 2.86. The minimum Gasteiger partial charge on any atom is -0.493 e. The number of carbonyl (C=O) groups is 1. The molecule has 1 unspecified atom stereocenters. The highest BCUT2D eigenvalue weighted by atomic mass is 16.7. The lowest BCUT2D eigenvalue weighted by Gasteiger charge is -2.40. The molecule has 1 saturated carbocycles. The van der Waals surface area contributed by atoms with E-state index in [9.17, 15) is 4.79 Å². The van der Waals surface area contributed by atoms with E-state index in [1.54, 1.807) is 19.2 Å². The van der Waals surface area contributed by atoms with Crippen molar-refractivity contribution in [3.63, 3.8) is 0 Å². The Labute approximate surface area is 214 Å². The normalized spacial score (nSPS) is 21.3. The van der Waals surface area contributed by atoms with Crippen molar-refractivity contribution in [1.82, 2.24) is 9.80 Å². The molecule has 36 heavy (non-hydrogen) atoms. The number of carbonyl (C=O) groups excluding carboxylic acids is 1. The molecule has 3 aliphatic rings. The van der Waals surface area contributed by atoms with Crippen LogP contribution in [-0.4, -0.2) is 60.3 Å². The molecule has 6 nitrogen and oxygen atoms in total. The van der Waals surface area contributed by atoms with E-state index in [1.165, 1.54) is 25.7 Å². The van der Waals surface area contributed by atoms with E-state index in [0.29, 0.717) is 41.4 Å². The minimum absolute atomic E-state index is 0.00863. The molecule has 0 spiro atoms. The Kier molecular flexibility index (Phi) is 6.98. The van der Waals surface area contributed by atoms with Gasteiger partial charge in [-0.2, -0.15) is 0 Å². The molecule has 1 amide bonds. The number of fused-ring (bicyclic) bond motifs is 1. The lowest BCUT2D eigenvalue weighted by atomic mass is 9.91. The highest BCUT2D eigenvalue weighted by Gasteiger charge is 2.38. The van der Waals surface area contributed by atoms with Crippen molar-refractivity contribution >= 4 is 12.0 Å². The number of nitrogens with zero attached hydrogens (tertiary/aromatic N) is 2. The molecule has 1 aliphatic carbocycles. The molecule has 2 fully saturated rings. The Balaban J connectivity index is 1.43. The molecule has 192 valence electrons. The molecule has 5 rings (SSSR count). The van der Waals surface area contributed by atoms with Crippen LogP contribution in [0.15, 0.2) is 48.0 Å². The van der Waals surface area contributed by atoms with Crippen LogP contribution in [0.3, 0.4) is 0 Å². The second kappa shape index (κ2) is 10.2. The van der Waals surface area contributed by atoms with Gasteiger partial charge in [0, 0.05) is 44.6 Å². The number of hydrogen-bond donors (Lipinski definition) is 0. The van der Waals surface area contributed by atoms with Crippen LogP contribution in [0.1, 0.15) is 68.8 Å². The van der Waals surface area contributed by atoms with Crippen LogP contribution < -0.4 is 14.2 Å². The van der Waals surface area contributed by atoms with E-state index in [-0.39, 0.29) is 5.91 Å². The molecule has 2 aromatic rings. The second-order valence-electron chi connectivity index (χ2n) is 10.8. The van der Waals surface area contributed by atoms with Gasteiger partial charge in [-0.3, -0.25) is 9.69 Å². The van der Waals surface area contributed by atoms with Crippen LogP contribution in [0.25, 0.3) is 6.08 Å². The van der Waals surface area contributed by atoms with Gasteiger partial charge in [0.25, 0.3) is 5.91 Å². The number of benzene rings is 2. The fraction of sp³-hybridized carbons (Fsp3) is 0.500. The van der Waals surface area contributed by atoms with Crippen LogP contribution in [0.2, 0.25) is 0 Å². The van der Waals surface area contributed by atoms with Gasteiger partial charge < -0.3 is 19.1 Å². The third-order valence-corrected chi connectivity index (χ3v) is 7.53. The van der Waals surface area contributed by atoms with Crippen molar-refractivity contribution in [3.8, 4) is 17.2 Å². The number of methoxy groups -OCH3 is 1. The molecule has 0 N–H and O–H groups in total. The largest absolute Gasteiger partial charge is 0.493 e. The quantitative estimate of drug-likeness (QED) is 0.471. The summed E-state index contributed by atoms with van der Waals surface area (Å²) >= 11 is 0. The summed E-state index contributed by atoms with van der Waals surface area (Å²) in [5.74, 6) is 0.827. The van der Waals surface area contributed by atoms with Crippen molar-refractivity contribution in [2.24, 2.45) is 0 Å². The second-order valence-corrected chi connectivity index (χ2v) is 10.8. The Morgan fingerprint density at radius 2 is 1.92 bits per heavy atom. The average Bonchev–Trinajstić information content (AvgIpc) is 3.39.